The highest BCUT2D eigenvalue weighted by Crippen LogP contribution is 2.04. The van der Waals surface area contributed by atoms with Crippen LogP contribution < -0.4 is 10.6 Å². The molecule has 0 heterocycles. The van der Waals surface area contributed by atoms with Crippen molar-refractivity contribution < 1.29 is 9.90 Å². The Bertz CT molecular complexity index is 186. The number of carbonyl (C=O) groups excluding carboxylic acids is 1. The number of rotatable bonds is 7. The minimum absolute atomic E-state index is 0.0134. The van der Waals surface area contributed by atoms with Crippen molar-refractivity contribution >= 4 is 5.91 Å². The van der Waals surface area contributed by atoms with Gasteiger partial charge < -0.3 is 15.7 Å². The number of nitrogens with one attached hydrogen (secondary N) is 2. The topological polar surface area (TPSA) is 61.4 Å². The van der Waals surface area contributed by atoms with E-state index in [-0.39, 0.29) is 5.91 Å². The lowest BCUT2D eigenvalue weighted by Crippen LogP contribution is -2.37. The van der Waals surface area contributed by atoms with Crippen LogP contribution >= 0.6 is 0 Å². The molecule has 0 aromatic carbocycles. The van der Waals surface area contributed by atoms with Gasteiger partial charge in [-0.1, -0.05) is 13.8 Å². The molecule has 0 aromatic rings. The summed E-state index contributed by atoms with van der Waals surface area (Å²) in [4.78, 5) is 11.2. The van der Waals surface area contributed by atoms with E-state index >= 15 is 0 Å². The van der Waals surface area contributed by atoms with Crippen molar-refractivity contribution in [1.29, 1.82) is 0 Å². The summed E-state index contributed by atoms with van der Waals surface area (Å²) in [6.07, 6.45) is 0.643. The lowest BCUT2D eigenvalue weighted by atomic mass is 10.1. The molecule has 0 saturated heterocycles. The normalized spacial score (nSPS) is 11.9. The van der Waals surface area contributed by atoms with Crippen LogP contribution in [0.4, 0.5) is 0 Å². The van der Waals surface area contributed by atoms with E-state index in [1.165, 1.54) is 0 Å². The first-order valence-electron chi connectivity index (χ1n) is 5.51. The van der Waals surface area contributed by atoms with Crippen LogP contribution in [0.25, 0.3) is 0 Å². The summed E-state index contributed by atoms with van der Waals surface area (Å²) in [6.45, 7) is 9.32. The van der Waals surface area contributed by atoms with Crippen LogP contribution in [0.1, 0.15) is 34.1 Å². The van der Waals surface area contributed by atoms with E-state index in [9.17, 15) is 9.90 Å². The number of carbonyl (C=O) groups is 1. The van der Waals surface area contributed by atoms with Crippen molar-refractivity contribution in [1.82, 2.24) is 10.6 Å². The molecule has 0 rings (SSSR count). The Hall–Kier alpha value is -0.610. The molecule has 0 aromatic heterocycles. The van der Waals surface area contributed by atoms with Gasteiger partial charge in [-0.05, 0) is 32.7 Å². The Balaban J connectivity index is 3.40. The van der Waals surface area contributed by atoms with Crippen molar-refractivity contribution in [3.63, 3.8) is 0 Å². The molecule has 0 unspecified atom stereocenters. The summed E-state index contributed by atoms with van der Waals surface area (Å²) in [5.41, 5.74) is -0.665. The molecule has 0 aliphatic rings. The van der Waals surface area contributed by atoms with Gasteiger partial charge in [0.15, 0.2) is 0 Å². The van der Waals surface area contributed by atoms with Crippen molar-refractivity contribution in [2.24, 2.45) is 5.92 Å². The molecule has 0 spiro atoms. The third-order valence-corrected chi connectivity index (χ3v) is 1.91. The molecule has 90 valence electrons. The van der Waals surface area contributed by atoms with E-state index in [1.54, 1.807) is 13.8 Å². The first-order chi connectivity index (χ1) is 6.81. The van der Waals surface area contributed by atoms with E-state index < -0.39 is 5.60 Å². The first kappa shape index (κ1) is 14.4. The first-order valence-corrected chi connectivity index (χ1v) is 5.51. The summed E-state index contributed by atoms with van der Waals surface area (Å²) in [6, 6.07) is 0. The van der Waals surface area contributed by atoms with E-state index in [2.05, 4.69) is 24.5 Å². The van der Waals surface area contributed by atoms with Gasteiger partial charge in [-0.15, -0.1) is 0 Å². The molecule has 15 heavy (non-hydrogen) atoms. The van der Waals surface area contributed by atoms with Gasteiger partial charge >= 0.3 is 0 Å². The molecule has 3 N–H and O–H groups in total. The molecular formula is C11H24N2O2. The fourth-order valence-corrected chi connectivity index (χ4v) is 0.977. The van der Waals surface area contributed by atoms with Gasteiger partial charge in [0.1, 0.15) is 0 Å². The van der Waals surface area contributed by atoms with Crippen LogP contribution in [0.2, 0.25) is 0 Å². The summed E-state index contributed by atoms with van der Waals surface area (Å²) in [5, 5.41) is 15.2. The second-order valence-corrected chi connectivity index (χ2v) is 4.94. The average molecular weight is 216 g/mol. The Labute approximate surface area is 92.4 Å². The van der Waals surface area contributed by atoms with Crippen LogP contribution in [-0.4, -0.2) is 36.2 Å². The Morgan fingerprint density at radius 2 is 2.00 bits per heavy atom. The molecule has 4 nitrogen and oxygen atoms in total. The summed E-state index contributed by atoms with van der Waals surface area (Å²) < 4.78 is 0. The highest BCUT2D eigenvalue weighted by molar-refractivity contribution is 5.77. The van der Waals surface area contributed by atoms with Crippen LogP contribution in [0.3, 0.4) is 0 Å². The number of aliphatic hydroxyl groups is 1. The zero-order valence-electron chi connectivity index (χ0n) is 10.3. The van der Waals surface area contributed by atoms with Crippen LogP contribution in [0.5, 0.6) is 0 Å². The van der Waals surface area contributed by atoms with Crippen LogP contribution in [0.15, 0.2) is 0 Å². The molecule has 0 bridgehead atoms. The van der Waals surface area contributed by atoms with Gasteiger partial charge in [0.2, 0.25) is 5.91 Å². The van der Waals surface area contributed by atoms with E-state index in [0.29, 0.717) is 32.0 Å². The molecular weight excluding hydrogens is 192 g/mol. The van der Waals surface area contributed by atoms with Crippen molar-refractivity contribution in [2.45, 2.75) is 39.7 Å². The quantitative estimate of drug-likeness (QED) is 0.543. The zero-order chi connectivity index (χ0) is 11.9. The second-order valence-electron chi connectivity index (χ2n) is 4.94. The highest BCUT2D eigenvalue weighted by atomic mass is 16.3. The lowest BCUT2D eigenvalue weighted by Gasteiger charge is -2.16. The smallest absolute Gasteiger partial charge is 0.233 e. The summed E-state index contributed by atoms with van der Waals surface area (Å²) in [7, 11) is 0. The van der Waals surface area contributed by atoms with E-state index in [0.717, 1.165) is 0 Å². The van der Waals surface area contributed by atoms with Crippen molar-refractivity contribution in [2.75, 3.05) is 19.6 Å². The Morgan fingerprint density at radius 1 is 1.40 bits per heavy atom. The molecule has 0 radical (unpaired) electrons. The molecule has 0 fully saturated rings. The molecule has 0 atom stereocenters. The largest absolute Gasteiger partial charge is 0.390 e. The summed E-state index contributed by atoms with van der Waals surface area (Å²) in [5.74, 6) is 0.491. The zero-order valence-corrected chi connectivity index (χ0v) is 10.3. The van der Waals surface area contributed by atoms with Gasteiger partial charge in [-0.3, -0.25) is 4.79 Å². The Kier molecular flexibility index (Phi) is 6.52. The monoisotopic (exact) mass is 216 g/mol. The third-order valence-electron chi connectivity index (χ3n) is 1.91. The fourth-order valence-electron chi connectivity index (χ4n) is 0.977. The highest BCUT2D eigenvalue weighted by Gasteiger charge is 2.11. The predicted molar refractivity (Wildman–Crippen MR) is 61.6 cm³/mol. The second kappa shape index (κ2) is 6.80. The maximum atomic E-state index is 11.2. The maximum Gasteiger partial charge on any atom is 0.233 e. The van der Waals surface area contributed by atoms with Gasteiger partial charge in [0, 0.05) is 6.54 Å². The van der Waals surface area contributed by atoms with Gasteiger partial charge in [0.05, 0.1) is 12.1 Å². The van der Waals surface area contributed by atoms with E-state index in [4.69, 9.17) is 0 Å². The lowest BCUT2D eigenvalue weighted by molar-refractivity contribution is -0.120. The molecule has 1 amide bonds. The number of hydrogen-bond donors (Lipinski definition) is 3. The number of hydrogen-bond acceptors (Lipinski definition) is 3. The molecule has 4 heteroatoms. The minimum Gasteiger partial charge on any atom is -0.390 e. The standard InChI is InChI=1S/C11H24N2O2/c1-9(2)7-13-10(14)8-12-6-5-11(3,4)15/h9,12,15H,5-8H2,1-4H3,(H,13,14). The van der Waals surface area contributed by atoms with Gasteiger partial charge in [-0.2, -0.15) is 0 Å². The van der Waals surface area contributed by atoms with Crippen LogP contribution in [0, 0.1) is 5.92 Å². The average Bonchev–Trinajstić information content (AvgIpc) is 2.07. The molecule has 0 saturated carbocycles. The fraction of sp³-hybridized carbons (Fsp3) is 0.909. The SMILES string of the molecule is CC(C)CNC(=O)CNCCC(C)(C)O. The molecule has 0 aliphatic heterocycles. The molecule has 0 aliphatic carbocycles. The number of amides is 1. The van der Waals surface area contributed by atoms with E-state index in [1.807, 2.05) is 0 Å². The summed E-state index contributed by atoms with van der Waals surface area (Å²) >= 11 is 0. The maximum absolute atomic E-state index is 11.2. The Morgan fingerprint density at radius 3 is 2.47 bits per heavy atom. The van der Waals surface area contributed by atoms with Gasteiger partial charge in [0.25, 0.3) is 0 Å². The van der Waals surface area contributed by atoms with Gasteiger partial charge in [-0.25, -0.2) is 0 Å². The van der Waals surface area contributed by atoms with Crippen molar-refractivity contribution in [3.05, 3.63) is 0 Å². The third kappa shape index (κ3) is 11.3. The minimum atomic E-state index is -0.665. The van der Waals surface area contributed by atoms with Crippen LogP contribution in [-0.2, 0) is 4.79 Å². The van der Waals surface area contributed by atoms with Crippen molar-refractivity contribution in [3.8, 4) is 0 Å². The predicted octanol–water partition coefficient (Wildman–Crippen LogP) is 0.509.